The van der Waals surface area contributed by atoms with Crippen LogP contribution in [0.4, 0.5) is 9.59 Å². The summed E-state index contributed by atoms with van der Waals surface area (Å²) in [5, 5.41) is 5.33. The quantitative estimate of drug-likeness (QED) is 0.129. The molecule has 4 heterocycles. The lowest BCUT2D eigenvalue weighted by Crippen LogP contribution is -2.51. The van der Waals surface area contributed by atoms with Crippen LogP contribution in [0.3, 0.4) is 0 Å². The number of aromatic amines is 2. The summed E-state index contributed by atoms with van der Waals surface area (Å²) >= 11 is 3.44. The molecule has 2 fully saturated rings. The smallest absolute Gasteiger partial charge is 0.407 e. The highest BCUT2D eigenvalue weighted by molar-refractivity contribution is 9.10. The molecule has 0 saturated carbocycles. The van der Waals surface area contributed by atoms with E-state index in [2.05, 4.69) is 56.0 Å². The predicted octanol–water partition coefficient (Wildman–Crippen LogP) is 7.25. The van der Waals surface area contributed by atoms with Crippen LogP contribution in [-0.4, -0.2) is 93.1 Å². The molecule has 2 aromatic heterocycles. The van der Waals surface area contributed by atoms with Crippen LogP contribution in [0.1, 0.15) is 78.5 Å². The topological polar surface area (TPSA) is 175 Å². The van der Waals surface area contributed by atoms with Gasteiger partial charge in [0.25, 0.3) is 0 Å². The van der Waals surface area contributed by atoms with Gasteiger partial charge in [-0.25, -0.2) is 19.6 Å². The van der Waals surface area contributed by atoms with E-state index in [1.807, 2.05) is 92.1 Å². The van der Waals surface area contributed by atoms with E-state index in [1.165, 1.54) is 14.2 Å². The fourth-order valence-corrected chi connectivity index (χ4v) is 7.20. The fourth-order valence-electron chi connectivity index (χ4n) is 6.94. The fraction of sp³-hybridized carbons (Fsp3) is 0.450. The second kappa shape index (κ2) is 18.9. The molecule has 55 heavy (non-hydrogen) atoms. The van der Waals surface area contributed by atoms with E-state index in [4.69, 9.17) is 0 Å². The number of hydrogen-bond donors (Lipinski definition) is 4. The normalized spacial score (nSPS) is 17.7. The molecule has 2 aromatic carbocycles. The van der Waals surface area contributed by atoms with Gasteiger partial charge in [-0.2, -0.15) is 0 Å². The molecule has 4 amide bonds. The Balaban J connectivity index is 0.000000244. The Morgan fingerprint density at radius 3 is 1.53 bits per heavy atom. The molecule has 15 heteroatoms. The number of ether oxygens (including phenoxy) is 2. The number of halogens is 1. The highest BCUT2D eigenvalue weighted by Gasteiger charge is 2.39. The van der Waals surface area contributed by atoms with Crippen LogP contribution in [0.5, 0.6) is 0 Å². The number of benzene rings is 2. The summed E-state index contributed by atoms with van der Waals surface area (Å²) in [6, 6.07) is 16.4. The highest BCUT2D eigenvalue weighted by atomic mass is 79.9. The zero-order valence-electron chi connectivity index (χ0n) is 32.2. The van der Waals surface area contributed by atoms with Gasteiger partial charge >= 0.3 is 12.2 Å². The van der Waals surface area contributed by atoms with Gasteiger partial charge in [0, 0.05) is 19.0 Å². The zero-order valence-corrected chi connectivity index (χ0v) is 33.8. The van der Waals surface area contributed by atoms with Crippen molar-refractivity contribution in [3.63, 3.8) is 0 Å². The van der Waals surface area contributed by atoms with Crippen LogP contribution >= 0.6 is 15.9 Å². The number of rotatable bonds is 10. The number of hydrogen-bond acceptors (Lipinski definition) is 8. The average Bonchev–Trinajstić information content (AvgIpc) is 4.03. The van der Waals surface area contributed by atoms with Crippen molar-refractivity contribution in [3.05, 3.63) is 83.1 Å². The summed E-state index contributed by atoms with van der Waals surface area (Å²) in [5.74, 6) is 1.24. The minimum Gasteiger partial charge on any atom is -0.453 e. The molecule has 296 valence electrons. The van der Waals surface area contributed by atoms with Gasteiger partial charge in [-0.1, -0.05) is 86.1 Å². The molecular weight excluding hydrogens is 768 g/mol. The van der Waals surface area contributed by atoms with Gasteiger partial charge in [0.05, 0.1) is 50.1 Å². The maximum atomic E-state index is 13.1. The Morgan fingerprint density at radius 1 is 0.709 bits per heavy atom. The lowest BCUT2D eigenvalue weighted by Gasteiger charge is -2.30. The molecule has 4 N–H and O–H groups in total. The first kappa shape index (κ1) is 41.0. The van der Waals surface area contributed by atoms with Crippen LogP contribution in [-0.2, 0) is 19.1 Å². The number of methoxy groups -OCH3 is 2. The largest absolute Gasteiger partial charge is 0.453 e. The molecule has 4 atom stereocenters. The first-order valence-electron chi connectivity index (χ1n) is 18.6. The molecule has 0 spiro atoms. The van der Waals surface area contributed by atoms with Crippen molar-refractivity contribution in [1.82, 2.24) is 40.4 Å². The van der Waals surface area contributed by atoms with E-state index in [-0.39, 0.29) is 37.2 Å². The minimum atomic E-state index is -0.631. The first-order valence-corrected chi connectivity index (χ1v) is 19.4. The van der Waals surface area contributed by atoms with Crippen molar-refractivity contribution in [2.75, 3.05) is 27.3 Å². The molecule has 0 aliphatic carbocycles. The van der Waals surface area contributed by atoms with Crippen molar-refractivity contribution in [1.29, 1.82) is 0 Å². The molecule has 6 rings (SSSR count). The molecular formula is C40H53BrN8O6. The van der Waals surface area contributed by atoms with Crippen molar-refractivity contribution < 1.29 is 30.1 Å². The van der Waals surface area contributed by atoms with Crippen molar-refractivity contribution in [2.45, 2.75) is 77.5 Å². The molecule has 14 nitrogen and oxygen atoms in total. The lowest BCUT2D eigenvalue weighted by atomic mass is 10.0. The Labute approximate surface area is 331 Å². The van der Waals surface area contributed by atoms with Gasteiger partial charge in [0.2, 0.25) is 11.8 Å². The standard InChI is InChI=1S/C20H25BrN4O3.C20H26N4O3.H2/c1-12(2)17(24-20(27)28-3)19(26)25-10-4-5-16(25)18-22-11-15(23-18)13-6-8-14(21)9-7-13;1-13(2)17(23-20(26)27-3)19(25)24-11-7-10-16(24)18-21-12-15(22-18)14-8-5-4-6-9-14;/h6-9,11-12,16-17H,4-5,10H2,1-3H3,(H,22,23)(H,24,27);4-6,8-9,12-13,16-17H,7,10-11H2,1-3H3,(H,21,22)(H,23,26);1H/t2*16-,17-;/m00./s1. The Kier molecular flexibility index (Phi) is 14.1. The number of H-pyrrole nitrogens is 2. The summed E-state index contributed by atoms with van der Waals surface area (Å²) in [6.07, 6.45) is 5.89. The maximum absolute atomic E-state index is 13.1. The van der Waals surface area contributed by atoms with Gasteiger partial charge in [0.15, 0.2) is 0 Å². The summed E-state index contributed by atoms with van der Waals surface area (Å²) in [4.78, 5) is 69.0. The van der Waals surface area contributed by atoms with Crippen LogP contribution in [0.2, 0.25) is 0 Å². The Morgan fingerprint density at radius 2 is 1.13 bits per heavy atom. The third-order valence-electron chi connectivity index (χ3n) is 9.92. The van der Waals surface area contributed by atoms with Gasteiger partial charge in [-0.05, 0) is 60.8 Å². The summed E-state index contributed by atoms with van der Waals surface area (Å²) in [6.45, 7) is 8.92. The lowest BCUT2D eigenvalue weighted by molar-refractivity contribution is -0.136. The summed E-state index contributed by atoms with van der Waals surface area (Å²) < 4.78 is 10.4. The van der Waals surface area contributed by atoms with E-state index in [0.717, 1.165) is 64.3 Å². The van der Waals surface area contributed by atoms with Gasteiger partial charge in [-0.15, -0.1) is 0 Å². The molecule has 2 aliphatic heterocycles. The zero-order chi connectivity index (χ0) is 39.6. The Bertz CT molecular complexity index is 1900. The van der Waals surface area contributed by atoms with E-state index >= 15 is 0 Å². The third-order valence-corrected chi connectivity index (χ3v) is 10.4. The molecule has 0 bridgehead atoms. The van der Waals surface area contributed by atoms with Crippen molar-refractivity contribution in [2.24, 2.45) is 11.8 Å². The first-order chi connectivity index (χ1) is 26.4. The number of imidazole rings is 2. The van der Waals surface area contributed by atoms with Gasteiger partial charge < -0.3 is 39.9 Å². The average molecular weight is 822 g/mol. The van der Waals surface area contributed by atoms with Gasteiger partial charge in [0.1, 0.15) is 23.7 Å². The van der Waals surface area contributed by atoms with Crippen molar-refractivity contribution in [3.8, 4) is 22.5 Å². The summed E-state index contributed by atoms with van der Waals surface area (Å²) in [7, 11) is 2.59. The predicted molar refractivity (Wildman–Crippen MR) is 214 cm³/mol. The molecule has 2 saturated heterocycles. The van der Waals surface area contributed by atoms with Gasteiger partial charge in [-0.3, -0.25) is 9.59 Å². The van der Waals surface area contributed by atoms with E-state index < -0.39 is 24.3 Å². The number of carbonyl (C=O) groups excluding carboxylic acids is 4. The number of aromatic nitrogens is 4. The van der Waals surface area contributed by atoms with Crippen LogP contribution in [0.15, 0.2) is 71.5 Å². The monoisotopic (exact) mass is 820 g/mol. The third kappa shape index (κ3) is 10.1. The molecule has 0 unspecified atom stereocenters. The van der Waals surface area contributed by atoms with Crippen molar-refractivity contribution >= 4 is 39.9 Å². The second-order valence-electron chi connectivity index (χ2n) is 14.3. The van der Waals surface area contributed by atoms with Crippen LogP contribution in [0.25, 0.3) is 22.5 Å². The minimum absolute atomic E-state index is 0. The number of nitrogens with one attached hydrogen (secondary N) is 4. The van der Waals surface area contributed by atoms with E-state index in [1.54, 1.807) is 12.4 Å². The molecule has 2 aliphatic rings. The second-order valence-corrected chi connectivity index (χ2v) is 15.2. The number of alkyl carbamates (subject to hydrolysis) is 2. The molecule has 0 radical (unpaired) electrons. The van der Waals surface area contributed by atoms with E-state index in [9.17, 15) is 19.2 Å². The summed E-state index contributed by atoms with van der Waals surface area (Å²) in [5.41, 5.74) is 3.93. The number of amides is 4. The highest BCUT2D eigenvalue weighted by Crippen LogP contribution is 2.34. The van der Waals surface area contributed by atoms with E-state index in [0.29, 0.717) is 13.1 Å². The number of nitrogens with zero attached hydrogens (tertiary/aromatic N) is 4. The maximum Gasteiger partial charge on any atom is 0.407 e. The SMILES string of the molecule is COC(=O)N[C@H](C(=O)N1CCC[C@H]1c1ncc(-c2ccc(Br)cc2)[nH]1)C(C)C.COC(=O)N[C@H](C(=O)N1CCC[C@H]1c1ncc(-c2ccccc2)[nH]1)C(C)C.[HH]. The van der Waals surface area contributed by atoms with Crippen LogP contribution in [0, 0.1) is 11.8 Å². The van der Waals surface area contributed by atoms with Crippen LogP contribution < -0.4 is 10.6 Å². The number of carbonyl (C=O) groups is 4. The number of likely N-dealkylation sites (tertiary alicyclic amines) is 2. The Hall–Kier alpha value is -5.18. The molecule has 4 aromatic rings.